The van der Waals surface area contributed by atoms with Gasteiger partial charge in [0.2, 0.25) is 17.7 Å². The molecule has 4 amide bonds. The summed E-state index contributed by atoms with van der Waals surface area (Å²) in [5, 5.41) is 9.94. The molecule has 2 atom stereocenters. The molecule has 38 heavy (non-hydrogen) atoms. The number of amides is 4. The number of rotatable bonds is 10. The smallest absolute Gasteiger partial charge is 0.272 e. The molecular weight excluding hydrogens is 488 g/mol. The Kier molecular flexibility index (Phi) is 9.44. The largest absolute Gasteiger partial charge is 0.350 e. The van der Waals surface area contributed by atoms with Gasteiger partial charge in [0.1, 0.15) is 17.8 Å². The molecule has 0 aliphatic heterocycles. The van der Waals surface area contributed by atoms with E-state index in [1.54, 1.807) is 20.8 Å². The van der Waals surface area contributed by atoms with Crippen LogP contribution < -0.4 is 21.4 Å². The van der Waals surface area contributed by atoms with Crippen molar-refractivity contribution in [1.82, 2.24) is 31.4 Å². The molecule has 200 valence electrons. The summed E-state index contributed by atoms with van der Waals surface area (Å²) >= 11 is 0. The Labute approximate surface area is 220 Å². The number of hydrogen-bond acceptors (Lipinski definition) is 7. The molecule has 0 unspecified atom stereocenters. The number of nitrogens with one attached hydrogen (secondary N) is 4. The first-order valence-electron chi connectivity index (χ1n) is 12.1. The summed E-state index contributed by atoms with van der Waals surface area (Å²) in [7, 11) is 0. The molecule has 11 heteroatoms. The van der Waals surface area contributed by atoms with Crippen LogP contribution in [0.3, 0.4) is 0 Å². The quantitative estimate of drug-likeness (QED) is 0.298. The van der Waals surface area contributed by atoms with Crippen molar-refractivity contribution in [3.63, 3.8) is 0 Å². The van der Waals surface area contributed by atoms with Gasteiger partial charge in [-0.25, -0.2) is 10.5 Å². The van der Waals surface area contributed by atoms with E-state index in [2.05, 4.69) is 31.4 Å². The number of nitrogens with zero attached hydrogens (tertiary/aromatic N) is 2. The number of aromatic nitrogens is 2. The minimum Gasteiger partial charge on any atom is -0.350 e. The minimum atomic E-state index is -1.30. The molecule has 0 spiro atoms. The van der Waals surface area contributed by atoms with E-state index in [1.165, 1.54) is 25.5 Å². The molecule has 3 rings (SSSR count). The number of hydroxylamine groups is 1. The molecule has 4 N–H and O–H groups in total. The van der Waals surface area contributed by atoms with Crippen LogP contribution in [-0.4, -0.2) is 51.3 Å². The lowest BCUT2D eigenvalue weighted by Crippen LogP contribution is -2.54. The predicted octanol–water partition coefficient (Wildman–Crippen LogP) is 1.79. The summed E-state index contributed by atoms with van der Waals surface area (Å²) in [6.45, 7) is 7.00. The summed E-state index contributed by atoms with van der Waals surface area (Å²) in [5.41, 5.74) is 2.51. The third-order valence-electron chi connectivity index (χ3n) is 5.36. The van der Waals surface area contributed by atoms with Crippen molar-refractivity contribution in [2.75, 3.05) is 0 Å². The van der Waals surface area contributed by atoms with Crippen molar-refractivity contribution in [3.05, 3.63) is 72.3 Å². The molecule has 0 fully saturated rings. The third kappa shape index (κ3) is 8.34. The highest BCUT2D eigenvalue weighted by atomic mass is 16.7. The number of hydrogen-bond donors (Lipinski definition) is 4. The monoisotopic (exact) mass is 520 g/mol. The molecule has 0 saturated carbocycles. The first-order valence-corrected chi connectivity index (χ1v) is 12.1. The van der Waals surface area contributed by atoms with Crippen LogP contribution in [0.2, 0.25) is 0 Å². The summed E-state index contributed by atoms with van der Waals surface area (Å²) in [5.74, 6) is -2.48. The van der Waals surface area contributed by atoms with E-state index in [1.807, 2.05) is 42.5 Å². The maximum Gasteiger partial charge on any atom is 0.272 e. The number of carbonyl (C=O) groups excluding carboxylic acids is 4. The fraction of sp³-hybridized carbons (Fsp3) is 0.333. The zero-order valence-electron chi connectivity index (χ0n) is 21.8. The zero-order valence-corrected chi connectivity index (χ0v) is 21.8. The van der Waals surface area contributed by atoms with Crippen LogP contribution >= 0.6 is 0 Å². The van der Waals surface area contributed by atoms with E-state index in [0.29, 0.717) is 0 Å². The van der Waals surface area contributed by atoms with Gasteiger partial charge in [-0.3, -0.25) is 29.0 Å². The van der Waals surface area contributed by atoms with Crippen molar-refractivity contribution < 1.29 is 24.0 Å². The van der Waals surface area contributed by atoms with E-state index < -0.39 is 47.7 Å². The molecule has 11 nitrogen and oxygen atoms in total. The Hall–Kier alpha value is -4.38. The van der Waals surface area contributed by atoms with Crippen LogP contribution in [0.5, 0.6) is 0 Å². The standard InChI is InChI=1S/C27H32N6O5/c1-17(24(35)30-15-19-10-7-9-18-8-5-6-11-20(18)19)31-25(36)21(14-23(34)33-38-27(2,3)4)32-26(37)22-16-28-12-13-29-22/h5-13,16-17,21H,14-15H2,1-4H3,(H,30,35)(H,31,36)(H,32,37)(H,33,34)/t17-,21-/m0/s1. The first-order chi connectivity index (χ1) is 18.0. The second-order valence-electron chi connectivity index (χ2n) is 9.65. The summed E-state index contributed by atoms with van der Waals surface area (Å²) in [4.78, 5) is 63.8. The number of benzene rings is 2. The minimum absolute atomic E-state index is 0.0301. The second-order valence-corrected chi connectivity index (χ2v) is 9.65. The highest BCUT2D eigenvalue weighted by molar-refractivity contribution is 5.98. The van der Waals surface area contributed by atoms with Crippen LogP contribution in [-0.2, 0) is 25.8 Å². The van der Waals surface area contributed by atoms with Gasteiger partial charge in [-0.1, -0.05) is 42.5 Å². The zero-order chi connectivity index (χ0) is 27.7. The van der Waals surface area contributed by atoms with Crippen LogP contribution in [0.25, 0.3) is 10.8 Å². The molecule has 2 aromatic carbocycles. The van der Waals surface area contributed by atoms with E-state index in [9.17, 15) is 19.2 Å². The van der Waals surface area contributed by atoms with Gasteiger partial charge in [-0.2, -0.15) is 0 Å². The average molecular weight is 521 g/mol. The second kappa shape index (κ2) is 12.7. The Morgan fingerprint density at radius 3 is 2.39 bits per heavy atom. The van der Waals surface area contributed by atoms with E-state index in [-0.39, 0.29) is 12.2 Å². The molecule has 1 heterocycles. The molecule has 3 aromatic rings. The Bertz CT molecular complexity index is 1290. The van der Waals surface area contributed by atoms with Crippen LogP contribution in [0, 0.1) is 0 Å². The molecule has 0 aliphatic rings. The van der Waals surface area contributed by atoms with Gasteiger partial charge in [-0.05, 0) is 44.0 Å². The lowest BCUT2D eigenvalue weighted by atomic mass is 10.0. The van der Waals surface area contributed by atoms with Gasteiger partial charge in [0.05, 0.1) is 18.2 Å². The average Bonchev–Trinajstić information content (AvgIpc) is 2.90. The molecule has 0 saturated heterocycles. The Morgan fingerprint density at radius 1 is 0.947 bits per heavy atom. The van der Waals surface area contributed by atoms with Gasteiger partial charge < -0.3 is 16.0 Å². The van der Waals surface area contributed by atoms with Crippen molar-refractivity contribution in [1.29, 1.82) is 0 Å². The molecule has 1 aromatic heterocycles. The van der Waals surface area contributed by atoms with Crippen LogP contribution in [0.1, 0.15) is 50.2 Å². The fourth-order valence-electron chi connectivity index (χ4n) is 3.46. The summed E-state index contributed by atoms with van der Waals surface area (Å²) in [6, 6.07) is 11.4. The van der Waals surface area contributed by atoms with Crippen LogP contribution in [0.4, 0.5) is 0 Å². The Morgan fingerprint density at radius 2 is 1.68 bits per heavy atom. The predicted molar refractivity (Wildman–Crippen MR) is 140 cm³/mol. The van der Waals surface area contributed by atoms with Gasteiger partial charge in [-0.15, -0.1) is 0 Å². The molecule has 0 radical (unpaired) electrons. The lowest BCUT2D eigenvalue weighted by Gasteiger charge is -2.22. The summed E-state index contributed by atoms with van der Waals surface area (Å²) < 4.78 is 0. The Balaban J connectivity index is 1.64. The molecule has 0 bridgehead atoms. The van der Waals surface area contributed by atoms with E-state index in [4.69, 9.17) is 4.84 Å². The highest BCUT2D eigenvalue weighted by Crippen LogP contribution is 2.18. The topological polar surface area (TPSA) is 151 Å². The maximum atomic E-state index is 13.0. The van der Waals surface area contributed by atoms with Gasteiger partial charge in [0.15, 0.2) is 0 Å². The molecule has 0 aliphatic carbocycles. The fourth-order valence-corrected chi connectivity index (χ4v) is 3.46. The number of carbonyl (C=O) groups is 4. The van der Waals surface area contributed by atoms with Crippen molar-refractivity contribution in [3.8, 4) is 0 Å². The van der Waals surface area contributed by atoms with Gasteiger partial charge in [0, 0.05) is 18.9 Å². The van der Waals surface area contributed by atoms with Gasteiger partial charge in [0.25, 0.3) is 5.91 Å². The van der Waals surface area contributed by atoms with E-state index >= 15 is 0 Å². The summed E-state index contributed by atoms with van der Waals surface area (Å²) in [6.07, 6.45) is 3.53. The highest BCUT2D eigenvalue weighted by Gasteiger charge is 2.28. The van der Waals surface area contributed by atoms with Gasteiger partial charge >= 0.3 is 0 Å². The third-order valence-corrected chi connectivity index (χ3v) is 5.36. The number of fused-ring (bicyclic) bond motifs is 1. The maximum absolute atomic E-state index is 13.0. The van der Waals surface area contributed by atoms with E-state index in [0.717, 1.165) is 16.3 Å². The normalized spacial score (nSPS) is 12.7. The van der Waals surface area contributed by atoms with Crippen molar-refractivity contribution >= 4 is 34.4 Å². The SMILES string of the molecule is C[C@H](NC(=O)[C@H](CC(=O)NOC(C)(C)C)NC(=O)c1cnccn1)C(=O)NCc1cccc2ccccc12. The first kappa shape index (κ1) is 28.2. The van der Waals surface area contributed by atoms with Crippen molar-refractivity contribution in [2.45, 2.75) is 58.3 Å². The van der Waals surface area contributed by atoms with Crippen molar-refractivity contribution in [2.24, 2.45) is 0 Å². The van der Waals surface area contributed by atoms with Crippen LogP contribution in [0.15, 0.2) is 61.1 Å². The lowest BCUT2D eigenvalue weighted by molar-refractivity contribution is -0.147. The molecular formula is C27H32N6O5.